The summed E-state index contributed by atoms with van der Waals surface area (Å²) in [7, 11) is 0. The first kappa shape index (κ1) is 19.5. The number of rotatable bonds is 6. The quantitative estimate of drug-likeness (QED) is 0.559. The standard InChI is InChI=1S/C21H19F2NO4/c1-14-12-16-4-2-3-5-18(16)24(14)19(25)13-27-20(26)11-8-15-6-9-17(10-7-15)28-21(22)23/h2-11,14,21H,12-13H2,1H3/b11-8+/t14-/m0/s1. The summed E-state index contributed by atoms with van der Waals surface area (Å²) < 4.78 is 33.5. The summed E-state index contributed by atoms with van der Waals surface area (Å²) in [5.41, 5.74) is 2.54. The molecule has 3 rings (SSSR count). The van der Waals surface area contributed by atoms with Gasteiger partial charge in [0.05, 0.1) is 0 Å². The van der Waals surface area contributed by atoms with E-state index < -0.39 is 12.6 Å². The molecule has 5 nitrogen and oxygen atoms in total. The van der Waals surface area contributed by atoms with Crippen LogP contribution in [0.1, 0.15) is 18.1 Å². The van der Waals surface area contributed by atoms with E-state index in [4.69, 9.17) is 4.74 Å². The fourth-order valence-corrected chi connectivity index (χ4v) is 3.12. The molecule has 1 aliphatic rings. The summed E-state index contributed by atoms with van der Waals surface area (Å²) in [6, 6.07) is 13.4. The second-order valence-corrected chi connectivity index (χ2v) is 6.33. The van der Waals surface area contributed by atoms with Crippen LogP contribution < -0.4 is 9.64 Å². The van der Waals surface area contributed by atoms with Crippen molar-refractivity contribution in [1.29, 1.82) is 0 Å². The van der Waals surface area contributed by atoms with Crippen LogP contribution in [0.4, 0.5) is 14.5 Å². The Morgan fingerprint density at radius 2 is 1.89 bits per heavy atom. The number of fused-ring (bicyclic) bond motifs is 1. The number of carbonyl (C=O) groups is 2. The topological polar surface area (TPSA) is 55.8 Å². The van der Waals surface area contributed by atoms with Gasteiger partial charge in [0.2, 0.25) is 0 Å². The van der Waals surface area contributed by atoms with Crippen LogP contribution in [0.25, 0.3) is 6.08 Å². The molecule has 28 heavy (non-hydrogen) atoms. The lowest BCUT2D eigenvalue weighted by Gasteiger charge is -2.22. The third kappa shape index (κ3) is 4.73. The van der Waals surface area contributed by atoms with Gasteiger partial charge in [0, 0.05) is 17.8 Å². The van der Waals surface area contributed by atoms with E-state index in [1.165, 1.54) is 36.4 Å². The number of hydrogen-bond acceptors (Lipinski definition) is 4. The number of anilines is 1. The van der Waals surface area contributed by atoms with Gasteiger partial charge in [-0.3, -0.25) is 4.79 Å². The molecule has 1 atom stereocenters. The van der Waals surface area contributed by atoms with Gasteiger partial charge < -0.3 is 14.4 Å². The van der Waals surface area contributed by atoms with Gasteiger partial charge in [-0.05, 0) is 48.7 Å². The molecule has 0 aromatic heterocycles. The summed E-state index contributed by atoms with van der Waals surface area (Å²) in [4.78, 5) is 26.0. The monoisotopic (exact) mass is 387 g/mol. The summed E-state index contributed by atoms with van der Waals surface area (Å²) in [5.74, 6) is -0.922. The number of alkyl halides is 2. The molecule has 2 aromatic carbocycles. The number of ether oxygens (including phenoxy) is 2. The minimum atomic E-state index is -2.89. The molecule has 146 valence electrons. The molecule has 1 aliphatic heterocycles. The maximum absolute atomic E-state index is 12.5. The number of esters is 1. The average Bonchev–Trinajstić information content (AvgIpc) is 3.01. The van der Waals surface area contributed by atoms with Crippen LogP contribution in [-0.2, 0) is 20.7 Å². The minimum Gasteiger partial charge on any atom is -0.452 e. The lowest BCUT2D eigenvalue weighted by molar-refractivity contribution is -0.143. The Morgan fingerprint density at radius 1 is 1.18 bits per heavy atom. The van der Waals surface area contributed by atoms with Crippen molar-refractivity contribution in [3.8, 4) is 5.75 Å². The van der Waals surface area contributed by atoms with Crippen molar-refractivity contribution >= 4 is 23.6 Å². The molecule has 0 N–H and O–H groups in total. The fourth-order valence-electron chi connectivity index (χ4n) is 3.12. The predicted molar refractivity (Wildman–Crippen MR) is 100 cm³/mol. The molecule has 0 unspecified atom stereocenters. The highest BCUT2D eigenvalue weighted by molar-refractivity contribution is 5.98. The summed E-state index contributed by atoms with van der Waals surface area (Å²) >= 11 is 0. The van der Waals surface area contributed by atoms with E-state index in [2.05, 4.69) is 4.74 Å². The zero-order chi connectivity index (χ0) is 20.1. The van der Waals surface area contributed by atoms with Gasteiger partial charge in [-0.1, -0.05) is 30.3 Å². The van der Waals surface area contributed by atoms with Gasteiger partial charge >= 0.3 is 12.6 Å². The zero-order valence-corrected chi connectivity index (χ0v) is 15.2. The summed E-state index contributed by atoms with van der Waals surface area (Å²) in [5, 5.41) is 0. The van der Waals surface area contributed by atoms with Crippen molar-refractivity contribution in [1.82, 2.24) is 0 Å². The normalized spacial score (nSPS) is 15.7. The third-order valence-electron chi connectivity index (χ3n) is 4.33. The maximum Gasteiger partial charge on any atom is 0.387 e. The Hall–Kier alpha value is -3.22. The van der Waals surface area contributed by atoms with Crippen molar-refractivity contribution < 1.29 is 27.8 Å². The van der Waals surface area contributed by atoms with Crippen LogP contribution in [0, 0.1) is 0 Å². The van der Waals surface area contributed by atoms with Crippen molar-refractivity contribution in [2.45, 2.75) is 26.0 Å². The number of benzene rings is 2. The lowest BCUT2D eigenvalue weighted by atomic mass is 10.1. The first-order valence-corrected chi connectivity index (χ1v) is 8.73. The molecule has 0 bridgehead atoms. The Kier molecular flexibility index (Phi) is 6.03. The minimum absolute atomic E-state index is 0.00752. The van der Waals surface area contributed by atoms with E-state index in [1.807, 2.05) is 31.2 Å². The molecule has 1 amide bonds. The average molecular weight is 387 g/mol. The number of para-hydroxylation sites is 1. The number of carbonyl (C=O) groups excluding carboxylic acids is 2. The van der Waals surface area contributed by atoms with E-state index in [1.54, 1.807) is 4.90 Å². The van der Waals surface area contributed by atoms with Crippen molar-refractivity contribution in [3.05, 3.63) is 65.7 Å². The SMILES string of the molecule is C[C@H]1Cc2ccccc2N1C(=O)COC(=O)/C=C/c1ccc(OC(F)F)cc1. The second kappa shape index (κ2) is 8.65. The van der Waals surface area contributed by atoms with Gasteiger partial charge in [-0.15, -0.1) is 0 Å². The molecule has 1 heterocycles. The highest BCUT2D eigenvalue weighted by atomic mass is 19.3. The van der Waals surface area contributed by atoms with E-state index >= 15 is 0 Å². The molecule has 0 saturated carbocycles. The number of hydrogen-bond donors (Lipinski definition) is 0. The predicted octanol–water partition coefficient (Wildman–Crippen LogP) is 3.82. The molecule has 0 radical (unpaired) electrons. The smallest absolute Gasteiger partial charge is 0.387 e. The number of nitrogens with zero attached hydrogens (tertiary/aromatic N) is 1. The molecule has 2 aromatic rings. The zero-order valence-electron chi connectivity index (χ0n) is 15.2. The molecule has 0 fully saturated rings. The first-order chi connectivity index (χ1) is 13.4. The van der Waals surface area contributed by atoms with Crippen LogP contribution in [0.2, 0.25) is 0 Å². The summed E-state index contributed by atoms with van der Waals surface area (Å²) in [6.07, 6.45) is 3.41. The van der Waals surface area contributed by atoms with Gasteiger partial charge in [0.1, 0.15) is 5.75 Å². The largest absolute Gasteiger partial charge is 0.452 e. The first-order valence-electron chi connectivity index (χ1n) is 8.73. The van der Waals surface area contributed by atoms with Crippen LogP contribution in [0.3, 0.4) is 0 Å². The van der Waals surface area contributed by atoms with Gasteiger partial charge in [-0.2, -0.15) is 8.78 Å². The van der Waals surface area contributed by atoms with Crippen molar-refractivity contribution in [2.75, 3.05) is 11.5 Å². The Bertz CT molecular complexity index is 880. The van der Waals surface area contributed by atoms with Crippen molar-refractivity contribution in [3.63, 3.8) is 0 Å². The van der Waals surface area contributed by atoms with Gasteiger partial charge in [0.25, 0.3) is 5.91 Å². The van der Waals surface area contributed by atoms with Crippen LogP contribution in [0.15, 0.2) is 54.6 Å². The van der Waals surface area contributed by atoms with Crippen LogP contribution >= 0.6 is 0 Å². The fraction of sp³-hybridized carbons (Fsp3) is 0.238. The highest BCUT2D eigenvalue weighted by Gasteiger charge is 2.30. The van der Waals surface area contributed by atoms with Crippen molar-refractivity contribution in [2.24, 2.45) is 0 Å². The third-order valence-corrected chi connectivity index (χ3v) is 4.33. The molecular formula is C21H19F2NO4. The molecule has 0 spiro atoms. The van der Waals surface area contributed by atoms with Gasteiger partial charge in [-0.25, -0.2) is 4.79 Å². The van der Waals surface area contributed by atoms with E-state index in [0.29, 0.717) is 5.56 Å². The van der Waals surface area contributed by atoms with Crippen LogP contribution in [-0.4, -0.2) is 31.1 Å². The van der Waals surface area contributed by atoms with E-state index in [9.17, 15) is 18.4 Å². The molecular weight excluding hydrogens is 368 g/mol. The molecule has 7 heteroatoms. The number of halogens is 2. The van der Waals surface area contributed by atoms with E-state index in [0.717, 1.165) is 17.7 Å². The number of amides is 1. The Balaban J connectivity index is 1.53. The summed E-state index contributed by atoms with van der Waals surface area (Å²) in [6.45, 7) is -1.30. The van der Waals surface area contributed by atoms with E-state index in [-0.39, 0.29) is 24.3 Å². The Morgan fingerprint density at radius 3 is 2.61 bits per heavy atom. The maximum atomic E-state index is 12.5. The van der Waals surface area contributed by atoms with Gasteiger partial charge in [0.15, 0.2) is 6.61 Å². The highest BCUT2D eigenvalue weighted by Crippen LogP contribution is 2.31. The molecule has 0 saturated heterocycles. The lowest BCUT2D eigenvalue weighted by Crippen LogP contribution is -2.38. The Labute approximate surface area is 161 Å². The second-order valence-electron chi connectivity index (χ2n) is 6.33. The van der Waals surface area contributed by atoms with Crippen LogP contribution in [0.5, 0.6) is 5.75 Å². The molecule has 0 aliphatic carbocycles.